The summed E-state index contributed by atoms with van der Waals surface area (Å²) >= 11 is 0. The first-order valence-electron chi connectivity index (χ1n) is 19.6. The van der Waals surface area contributed by atoms with Crippen molar-refractivity contribution in [3.05, 3.63) is 194 Å². The Morgan fingerprint density at radius 3 is 1.40 bits per heavy atom. The molecule has 0 saturated heterocycles. The van der Waals surface area contributed by atoms with E-state index >= 15 is 0 Å². The Hall–Kier alpha value is -7.69. The van der Waals surface area contributed by atoms with Gasteiger partial charge in [-0.25, -0.2) is 4.98 Å². The van der Waals surface area contributed by atoms with Crippen molar-refractivity contribution in [3.63, 3.8) is 0 Å². The Bertz CT molecular complexity index is 3750. The molecule has 57 heavy (non-hydrogen) atoms. The molecule has 13 aromatic rings. The first-order valence-corrected chi connectivity index (χ1v) is 19.6. The molecule has 0 fully saturated rings. The highest BCUT2D eigenvalue weighted by molar-refractivity contribution is 6.31. The summed E-state index contributed by atoms with van der Waals surface area (Å²) in [6, 6.07) is 70.5. The lowest BCUT2D eigenvalue weighted by atomic mass is 9.95. The largest absolute Gasteiger partial charge is 0.309 e. The smallest absolute Gasteiger partial charge is 0.138 e. The summed E-state index contributed by atoms with van der Waals surface area (Å²) in [7, 11) is 0. The number of fused-ring (bicyclic) bond motifs is 16. The number of hydrogen-bond donors (Lipinski definition) is 0. The third-order valence-electron chi connectivity index (χ3n) is 12.2. The molecule has 0 N–H and O–H groups in total. The van der Waals surface area contributed by atoms with Crippen LogP contribution in [0.4, 0.5) is 0 Å². The molecule has 0 unspecified atom stereocenters. The van der Waals surface area contributed by atoms with Crippen LogP contribution in [-0.4, -0.2) is 18.7 Å². The van der Waals surface area contributed by atoms with Crippen molar-refractivity contribution in [2.24, 2.45) is 0 Å². The first kappa shape index (κ1) is 30.6. The summed E-state index contributed by atoms with van der Waals surface area (Å²) in [4.78, 5) is 5.60. The van der Waals surface area contributed by atoms with Gasteiger partial charge < -0.3 is 9.13 Å². The minimum absolute atomic E-state index is 0.913. The second-order valence-electron chi connectivity index (χ2n) is 15.1. The van der Waals surface area contributed by atoms with Crippen molar-refractivity contribution >= 4 is 97.9 Å². The quantitative estimate of drug-likeness (QED) is 0.167. The number of hydrogen-bond acceptors (Lipinski definition) is 1. The van der Waals surface area contributed by atoms with Crippen LogP contribution in [0, 0.1) is 0 Å². The van der Waals surface area contributed by atoms with Crippen LogP contribution in [0.25, 0.3) is 115 Å². The maximum Gasteiger partial charge on any atom is 0.138 e. The first-order chi connectivity index (χ1) is 28.3. The Morgan fingerprint density at radius 1 is 0.263 bits per heavy atom. The number of nitrogens with zero attached hydrogens (tertiary/aromatic N) is 4. The average Bonchev–Trinajstić information content (AvgIpc) is 3.92. The number of aromatic nitrogens is 4. The Morgan fingerprint density at radius 2 is 0.754 bits per heavy atom. The second kappa shape index (κ2) is 11.4. The van der Waals surface area contributed by atoms with Crippen LogP contribution in [0.2, 0.25) is 0 Å². The molecular weight excluding hydrogens is 693 g/mol. The van der Waals surface area contributed by atoms with Crippen molar-refractivity contribution in [2.45, 2.75) is 0 Å². The zero-order valence-corrected chi connectivity index (χ0v) is 30.8. The molecule has 4 nitrogen and oxygen atoms in total. The molecule has 4 heteroatoms. The molecule has 4 aromatic heterocycles. The molecule has 264 valence electrons. The van der Waals surface area contributed by atoms with Crippen LogP contribution < -0.4 is 0 Å². The lowest BCUT2D eigenvalue weighted by Gasteiger charge is -2.17. The van der Waals surface area contributed by atoms with Gasteiger partial charge >= 0.3 is 0 Å². The topological polar surface area (TPSA) is 27.7 Å². The number of para-hydroxylation sites is 5. The zero-order chi connectivity index (χ0) is 37.2. The fourth-order valence-corrected chi connectivity index (χ4v) is 9.94. The van der Waals surface area contributed by atoms with Crippen molar-refractivity contribution in [2.75, 3.05) is 0 Å². The SMILES string of the molecule is c1ccc(-n2c3ccccc3c3c4c5ccccc5n(-c5cccc6c7ccccc7c7nc(-n8c9ccccc9c9ccccc98)ccc7c56)c4ccc32)cc1. The van der Waals surface area contributed by atoms with E-state index < -0.39 is 0 Å². The Kier molecular flexibility index (Phi) is 6.13. The molecule has 0 aliphatic heterocycles. The molecule has 0 saturated carbocycles. The van der Waals surface area contributed by atoms with Crippen LogP contribution in [0.1, 0.15) is 0 Å². The Labute approximate surface area is 326 Å². The lowest BCUT2D eigenvalue weighted by molar-refractivity contribution is 1.10. The monoisotopic (exact) mass is 724 g/mol. The summed E-state index contributed by atoms with van der Waals surface area (Å²) in [6.07, 6.45) is 0. The number of rotatable bonds is 3. The van der Waals surface area contributed by atoms with Gasteiger partial charge in [0.1, 0.15) is 5.82 Å². The van der Waals surface area contributed by atoms with Crippen LogP contribution in [0.3, 0.4) is 0 Å². The minimum Gasteiger partial charge on any atom is -0.309 e. The number of benzene rings is 9. The summed E-state index contributed by atoms with van der Waals surface area (Å²) < 4.78 is 7.23. The standard InChI is InChI=1S/C53H32N4/c1-2-15-33(16-3-1)55-44-26-12-8-21-39(44)51-47(55)30-31-48-52(51)40-22-9-13-27-45(40)56(48)46-28-14-23-37-34-17-4-5-20-38(34)53-41(50(37)46)29-32-49(54-53)57-42-24-10-6-18-35(42)36-19-7-11-25-43(36)57/h1-32H. The number of pyridine rings is 1. The summed E-state index contributed by atoms with van der Waals surface area (Å²) in [5, 5.41) is 13.4. The highest BCUT2D eigenvalue weighted by Gasteiger charge is 2.23. The van der Waals surface area contributed by atoms with Crippen LogP contribution in [0.15, 0.2) is 194 Å². The van der Waals surface area contributed by atoms with Crippen molar-refractivity contribution in [1.82, 2.24) is 18.7 Å². The summed E-state index contributed by atoms with van der Waals surface area (Å²) in [5.74, 6) is 0.913. The van der Waals surface area contributed by atoms with Gasteiger partial charge in [-0.15, -0.1) is 0 Å². The van der Waals surface area contributed by atoms with Gasteiger partial charge in [0.25, 0.3) is 0 Å². The molecule has 0 bridgehead atoms. The third-order valence-corrected chi connectivity index (χ3v) is 12.2. The second-order valence-corrected chi connectivity index (χ2v) is 15.1. The van der Waals surface area contributed by atoms with Gasteiger partial charge in [-0.1, -0.05) is 127 Å². The van der Waals surface area contributed by atoms with Gasteiger partial charge in [0, 0.05) is 54.2 Å². The van der Waals surface area contributed by atoms with Crippen molar-refractivity contribution in [1.29, 1.82) is 0 Å². The zero-order valence-electron chi connectivity index (χ0n) is 30.8. The van der Waals surface area contributed by atoms with E-state index in [0.29, 0.717) is 0 Å². The molecular formula is C53H32N4. The molecule has 0 radical (unpaired) electrons. The van der Waals surface area contributed by atoms with Crippen molar-refractivity contribution in [3.8, 4) is 17.2 Å². The van der Waals surface area contributed by atoms with E-state index in [1.54, 1.807) is 0 Å². The van der Waals surface area contributed by atoms with Gasteiger partial charge in [-0.2, -0.15) is 0 Å². The normalized spacial score (nSPS) is 12.2. The van der Waals surface area contributed by atoms with Crippen LogP contribution >= 0.6 is 0 Å². The molecule has 13 rings (SSSR count). The highest BCUT2D eigenvalue weighted by Crippen LogP contribution is 2.45. The van der Waals surface area contributed by atoms with Gasteiger partial charge in [-0.3, -0.25) is 4.57 Å². The molecule has 0 atom stereocenters. The molecule has 0 amide bonds. The van der Waals surface area contributed by atoms with Crippen molar-refractivity contribution < 1.29 is 0 Å². The average molecular weight is 725 g/mol. The van der Waals surface area contributed by atoms with E-state index in [1.807, 2.05) is 0 Å². The van der Waals surface area contributed by atoms with E-state index in [9.17, 15) is 0 Å². The fourth-order valence-electron chi connectivity index (χ4n) is 9.94. The van der Waals surface area contributed by atoms with Gasteiger partial charge in [0.05, 0.1) is 44.3 Å². The molecule has 0 aliphatic rings. The maximum atomic E-state index is 5.60. The van der Waals surface area contributed by atoms with Gasteiger partial charge in [0.2, 0.25) is 0 Å². The predicted octanol–water partition coefficient (Wildman–Crippen LogP) is 13.8. The molecule has 9 aromatic carbocycles. The Balaban J connectivity index is 1.16. The molecule has 0 spiro atoms. The van der Waals surface area contributed by atoms with E-state index in [1.165, 1.54) is 70.5 Å². The van der Waals surface area contributed by atoms with E-state index in [-0.39, 0.29) is 0 Å². The molecule has 4 heterocycles. The van der Waals surface area contributed by atoms with Gasteiger partial charge in [-0.05, 0) is 77.5 Å². The van der Waals surface area contributed by atoms with Gasteiger partial charge in [0.15, 0.2) is 0 Å². The summed E-state index contributed by atoms with van der Waals surface area (Å²) in [6.45, 7) is 0. The van der Waals surface area contributed by atoms with E-state index in [4.69, 9.17) is 4.98 Å². The fraction of sp³-hybridized carbons (Fsp3) is 0. The van der Waals surface area contributed by atoms with Crippen LogP contribution in [0.5, 0.6) is 0 Å². The highest BCUT2D eigenvalue weighted by atomic mass is 15.1. The maximum absolute atomic E-state index is 5.60. The van der Waals surface area contributed by atoms with E-state index in [2.05, 4.69) is 208 Å². The lowest BCUT2D eigenvalue weighted by Crippen LogP contribution is -2.00. The third kappa shape index (κ3) is 4.08. The molecule has 0 aliphatic carbocycles. The van der Waals surface area contributed by atoms with Crippen LogP contribution in [-0.2, 0) is 0 Å². The minimum atomic E-state index is 0.913. The van der Waals surface area contributed by atoms with E-state index in [0.717, 1.165) is 44.5 Å². The summed E-state index contributed by atoms with van der Waals surface area (Å²) in [5.41, 5.74) is 10.4. The predicted molar refractivity (Wildman–Crippen MR) is 240 cm³/mol.